The summed E-state index contributed by atoms with van der Waals surface area (Å²) in [5.41, 5.74) is 2.16. The number of nitrogens with zero attached hydrogens (tertiary/aromatic N) is 4. The highest BCUT2D eigenvalue weighted by Crippen LogP contribution is 2.14. The van der Waals surface area contributed by atoms with Crippen molar-refractivity contribution in [3.8, 4) is 6.07 Å². The van der Waals surface area contributed by atoms with E-state index in [2.05, 4.69) is 15.7 Å². The van der Waals surface area contributed by atoms with E-state index in [4.69, 9.17) is 5.26 Å². The van der Waals surface area contributed by atoms with Gasteiger partial charge in [0, 0.05) is 13.6 Å². The first-order chi connectivity index (χ1) is 9.11. The Morgan fingerprint density at radius 2 is 2.32 bits per heavy atom. The molecular formula is C13H12N4OS. The van der Waals surface area contributed by atoms with E-state index in [1.54, 1.807) is 31.0 Å². The number of carbonyl (C=O) groups excluding carboxylic acids is 1. The van der Waals surface area contributed by atoms with E-state index >= 15 is 0 Å². The van der Waals surface area contributed by atoms with Gasteiger partial charge in [0.05, 0.1) is 17.3 Å². The molecule has 0 atom stereocenters. The van der Waals surface area contributed by atoms with Crippen LogP contribution in [-0.4, -0.2) is 27.4 Å². The zero-order valence-corrected chi connectivity index (χ0v) is 11.4. The maximum Gasteiger partial charge on any atom is 0.267 e. The highest BCUT2D eigenvalue weighted by Gasteiger charge is 2.17. The molecule has 1 amide bonds. The van der Waals surface area contributed by atoms with E-state index in [9.17, 15) is 4.79 Å². The Kier molecular flexibility index (Phi) is 3.88. The average molecular weight is 272 g/mol. The van der Waals surface area contributed by atoms with E-state index in [1.807, 2.05) is 12.1 Å². The van der Waals surface area contributed by atoms with Crippen molar-refractivity contribution in [2.45, 2.75) is 13.5 Å². The third kappa shape index (κ3) is 2.95. The van der Waals surface area contributed by atoms with Gasteiger partial charge in [-0.05, 0) is 36.2 Å². The molecule has 0 aliphatic heterocycles. The first-order valence-electron chi connectivity index (χ1n) is 5.65. The molecule has 2 aromatic rings. The standard InChI is InChI=1S/C13H12N4OS/c1-9-12(19-16-15-9)13(18)17(2)8-11-5-3-4-10(6-11)7-14/h3-6H,8H2,1-2H3. The molecular weight excluding hydrogens is 260 g/mol. The maximum atomic E-state index is 12.2. The number of aryl methyl sites for hydroxylation is 1. The molecule has 0 radical (unpaired) electrons. The highest BCUT2D eigenvalue weighted by molar-refractivity contribution is 7.07. The van der Waals surface area contributed by atoms with Crippen molar-refractivity contribution >= 4 is 17.4 Å². The molecule has 19 heavy (non-hydrogen) atoms. The average Bonchev–Trinajstić information content (AvgIpc) is 2.84. The molecule has 1 aromatic carbocycles. The number of hydrogen-bond donors (Lipinski definition) is 0. The Morgan fingerprint density at radius 1 is 1.53 bits per heavy atom. The molecule has 6 heteroatoms. The first-order valence-corrected chi connectivity index (χ1v) is 6.42. The quantitative estimate of drug-likeness (QED) is 0.856. The Morgan fingerprint density at radius 3 is 2.95 bits per heavy atom. The molecule has 96 valence electrons. The smallest absolute Gasteiger partial charge is 0.267 e. The van der Waals surface area contributed by atoms with Crippen LogP contribution in [0.15, 0.2) is 24.3 Å². The first kappa shape index (κ1) is 13.2. The fourth-order valence-electron chi connectivity index (χ4n) is 1.69. The lowest BCUT2D eigenvalue weighted by atomic mass is 10.1. The molecule has 0 fully saturated rings. The van der Waals surface area contributed by atoms with Crippen molar-refractivity contribution in [2.75, 3.05) is 7.05 Å². The Bertz CT molecular complexity index is 644. The van der Waals surface area contributed by atoms with Gasteiger partial charge >= 0.3 is 0 Å². The monoisotopic (exact) mass is 272 g/mol. The van der Waals surface area contributed by atoms with Crippen molar-refractivity contribution in [1.82, 2.24) is 14.5 Å². The zero-order valence-electron chi connectivity index (χ0n) is 10.6. The summed E-state index contributed by atoms with van der Waals surface area (Å²) < 4.78 is 3.76. The SMILES string of the molecule is Cc1nnsc1C(=O)N(C)Cc1cccc(C#N)c1. The summed E-state index contributed by atoms with van der Waals surface area (Å²) in [6.07, 6.45) is 0. The van der Waals surface area contributed by atoms with Gasteiger partial charge < -0.3 is 4.90 Å². The van der Waals surface area contributed by atoms with E-state index in [0.29, 0.717) is 22.7 Å². The summed E-state index contributed by atoms with van der Waals surface area (Å²) in [4.78, 5) is 14.3. The number of hydrogen-bond acceptors (Lipinski definition) is 5. The third-order valence-corrected chi connectivity index (χ3v) is 3.48. The van der Waals surface area contributed by atoms with Gasteiger partial charge in [-0.2, -0.15) is 5.26 Å². The minimum absolute atomic E-state index is 0.102. The van der Waals surface area contributed by atoms with Gasteiger partial charge in [0.25, 0.3) is 5.91 Å². The second kappa shape index (κ2) is 5.59. The molecule has 1 aromatic heterocycles. The minimum Gasteiger partial charge on any atom is -0.337 e. The van der Waals surface area contributed by atoms with Gasteiger partial charge in [0.1, 0.15) is 4.88 Å². The zero-order chi connectivity index (χ0) is 13.8. The van der Waals surface area contributed by atoms with Gasteiger partial charge in [-0.1, -0.05) is 16.6 Å². The molecule has 0 unspecified atom stereocenters. The predicted molar refractivity (Wildman–Crippen MR) is 71.6 cm³/mol. The van der Waals surface area contributed by atoms with E-state index in [1.165, 1.54) is 0 Å². The summed E-state index contributed by atoms with van der Waals surface area (Å²) in [5.74, 6) is -0.102. The van der Waals surface area contributed by atoms with Crippen molar-refractivity contribution in [3.05, 3.63) is 46.0 Å². The fraction of sp³-hybridized carbons (Fsp3) is 0.231. The molecule has 0 aliphatic rings. The summed E-state index contributed by atoms with van der Waals surface area (Å²) in [6.45, 7) is 2.21. The van der Waals surface area contributed by atoms with Crippen LogP contribution in [0.2, 0.25) is 0 Å². The number of carbonyl (C=O) groups is 1. The number of rotatable bonds is 3. The summed E-state index contributed by atoms with van der Waals surface area (Å²) in [6, 6.07) is 9.31. The van der Waals surface area contributed by atoms with Crippen LogP contribution in [0.3, 0.4) is 0 Å². The Labute approximate surface area is 115 Å². The molecule has 2 rings (SSSR count). The number of aromatic nitrogens is 2. The van der Waals surface area contributed by atoms with Crippen LogP contribution < -0.4 is 0 Å². The molecule has 0 N–H and O–H groups in total. The second-order valence-corrected chi connectivity index (χ2v) is 4.91. The van der Waals surface area contributed by atoms with Crippen LogP contribution >= 0.6 is 11.5 Å². The van der Waals surface area contributed by atoms with Crippen LogP contribution in [0.1, 0.15) is 26.5 Å². The van der Waals surface area contributed by atoms with Crippen LogP contribution in [0.5, 0.6) is 0 Å². The third-order valence-electron chi connectivity index (χ3n) is 2.67. The van der Waals surface area contributed by atoms with E-state index in [-0.39, 0.29) is 5.91 Å². The van der Waals surface area contributed by atoms with Crippen molar-refractivity contribution in [3.63, 3.8) is 0 Å². The lowest BCUT2D eigenvalue weighted by molar-refractivity contribution is 0.0789. The van der Waals surface area contributed by atoms with Crippen molar-refractivity contribution < 1.29 is 4.79 Å². The van der Waals surface area contributed by atoms with Crippen LogP contribution in [-0.2, 0) is 6.54 Å². The lowest BCUT2D eigenvalue weighted by Crippen LogP contribution is -2.26. The maximum absolute atomic E-state index is 12.2. The largest absolute Gasteiger partial charge is 0.337 e. The van der Waals surface area contributed by atoms with Gasteiger partial charge in [0.15, 0.2) is 0 Å². The normalized spacial score (nSPS) is 9.95. The molecule has 0 saturated carbocycles. The van der Waals surface area contributed by atoms with Crippen LogP contribution in [0, 0.1) is 18.3 Å². The van der Waals surface area contributed by atoms with E-state index < -0.39 is 0 Å². The number of nitriles is 1. The van der Waals surface area contributed by atoms with Crippen molar-refractivity contribution in [2.24, 2.45) is 0 Å². The molecule has 0 spiro atoms. The van der Waals surface area contributed by atoms with Crippen LogP contribution in [0.25, 0.3) is 0 Å². The predicted octanol–water partition coefficient (Wildman–Crippen LogP) is 1.99. The summed E-state index contributed by atoms with van der Waals surface area (Å²) in [7, 11) is 1.72. The topological polar surface area (TPSA) is 69.9 Å². The number of amides is 1. The molecule has 0 saturated heterocycles. The van der Waals surface area contributed by atoms with Crippen molar-refractivity contribution in [1.29, 1.82) is 5.26 Å². The van der Waals surface area contributed by atoms with Crippen LogP contribution in [0.4, 0.5) is 0 Å². The van der Waals surface area contributed by atoms with E-state index in [0.717, 1.165) is 17.1 Å². The Balaban J connectivity index is 2.13. The summed E-state index contributed by atoms with van der Waals surface area (Å²) >= 11 is 1.10. The molecule has 1 heterocycles. The lowest BCUT2D eigenvalue weighted by Gasteiger charge is -2.16. The van der Waals surface area contributed by atoms with Gasteiger partial charge in [-0.15, -0.1) is 5.10 Å². The minimum atomic E-state index is -0.102. The molecule has 0 bridgehead atoms. The Hall–Kier alpha value is -2.26. The fourth-order valence-corrected chi connectivity index (χ4v) is 2.34. The van der Waals surface area contributed by atoms with Gasteiger partial charge in [-0.3, -0.25) is 4.79 Å². The second-order valence-electron chi connectivity index (χ2n) is 4.16. The van der Waals surface area contributed by atoms with Gasteiger partial charge in [-0.25, -0.2) is 0 Å². The number of benzene rings is 1. The highest BCUT2D eigenvalue weighted by atomic mass is 32.1. The summed E-state index contributed by atoms with van der Waals surface area (Å²) in [5, 5.41) is 12.7. The molecule has 5 nitrogen and oxygen atoms in total. The van der Waals surface area contributed by atoms with Gasteiger partial charge in [0.2, 0.25) is 0 Å². The molecule has 0 aliphatic carbocycles.